The van der Waals surface area contributed by atoms with Gasteiger partial charge in [-0.15, -0.1) is 0 Å². The van der Waals surface area contributed by atoms with Crippen LogP contribution in [0.1, 0.15) is 44.6 Å². The van der Waals surface area contributed by atoms with Crippen LogP contribution in [0.4, 0.5) is 4.79 Å². The van der Waals surface area contributed by atoms with Gasteiger partial charge in [-0.05, 0) is 36.6 Å². The molecule has 0 radical (unpaired) electrons. The average Bonchev–Trinajstić information content (AvgIpc) is 3.06. The monoisotopic (exact) mass is 356 g/mol. The maximum absolute atomic E-state index is 11.7. The summed E-state index contributed by atoms with van der Waals surface area (Å²) in [5.41, 5.74) is 2.18. The Bertz CT molecular complexity index is 755. The molecule has 1 aromatic carbocycles. The summed E-state index contributed by atoms with van der Waals surface area (Å²) in [6.45, 7) is 2.84. The summed E-state index contributed by atoms with van der Waals surface area (Å²) < 4.78 is 10.3. The Morgan fingerprint density at radius 2 is 2.12 bits per heavy atom. The van der Waals surface area contributed by atoms with E-state index in [2.05, 4.69) is 29.1 Å². The summed E-state index contributed by atoms with van der Waals surface area (Å²) in [7, 11) is 1.65. The van der Waals surface area contributed by atoms with Gasteiger partial charge in [-0.3, -0.25) is 0 Å². The number of ether oxygens (including phenoxy) is 2. The van der Waals surface area contributed by atoms with E-state index in [4.69, 9.17) is 9.47 Å². The maximum Gasteiger partial charge on any atom is 0.408 e. The molecule has 0 saturated carbocycles. The Hall–Kier alpha value is -2.61. The Labute approximate surface area is 155 Å². The molecular weight excluding hydrogens is 328 g/mol. The number of benzene rings is 1. The minimum absolute atomic E-state index is 0.143. The van der Waals surface area contributed by atoms with Crippen molar-refractivity contribution in [2.45, 2.75) is 45.4 Å². The largest absolute Gasteiger partial charge is 0.497 e. The van der Waals surface area contributed by atoms with Crippen LogP contribution in [0.5, 0.6) is 5.75 Å². The molecule has 0 fully saturated rings. The van der Waals surface area contributed by atoms with Crippen LogP contribution in [0, 0.1) is 11.8 Å². The van der Waals surface area contributed by atoms with Crippen LogP contribution >= 0.6 is 0 Å². The molecule has 140 valence electrons. The Balaban J connectivity index is 1.66. The highest BCUT2D eigenvalue weighted by Crippen LogP contribution is 2.23. The lowest BCUT2D eigenvalue weighted by molar-refractivity contribution is 0.160. The van der Waals surface area contributed by atoms with Gasteiger partial charge in [-0.2, -0.15) is 0 Å². The molecule has 0 aliphatic heterocycles. The first-order valence-electron chi connectivity index (χ1n) is 9.25. The fraction of sp³-hybridized carbons (Fsp3) is 0.476. The summed E-state index contributed by atoms with van der Waals surface area (Å²) in [6.07, 6.45) is 7.92. The number of alkyl carbamates (subject to hydrolysis) is 1. The molecule has 0 aliphatic rings. The van der Waals surface area contributed by atoms with Crippen molar-refractivity contribution in [3.63, 3.8) is 0 Å². The maximum atomic E-state index is 11.7. The first-order valence-corrected chi connectivity index (χ1v) is 9.25. The number of nitrogens with one attached hydrogen (secondary N) is 2. The van der Waals surface area contributed by atoms with E-state index in [0.29, 0.717) is 13.0 Å². The van der Waals surface area contributed by atoms with Gasteiger partial charge in [0.2, 0.25) is 0 Å². The number of aromatic amines is 1. The van der Waals surface area contributed by atoms with Crippen LogP contribution in [0.2, 0.25) is 0 Å². The third-order valence-corrected chi connectivity index (χ3v) is 4.19. The van der Waals surface area contributed by atoms with Crippen LogP contribution in [0.3, 0.4) is 0 Å². The van der Waals surface area contributed by atoms with Crippen LogP contribution in [-0.2, 0) is 11.2 Å². The number of rotatable bonds is 9. The van der Waals surface area contributed by atoms with E-state index in [1.54, 1.807) is 7.11 Å². The van der Waals surface area contributed by atoms with E-state index < -0.39 is 6.09 Å². The van der Waals surface area contributed by atoms with Crippen molar-refractivity contribution in [3.05, 3.63) is 30.0 Å². The molecule has 0 spiro atoms. The van der Waals surface area contributed by atoms with Crippen molar-refractivity contribution in [2.75, 3.05) is 20.3 Å². The molecule has 0 saturated heterocycles. The van der Waals surface area contributed by atoms with Crippen LogP contribution in [0.15, 0.2) is 24.4 Å². The molecule has 1 aromatic heterocycles. The number of fused-ring (bicyclic) bond motifs is 1. The molecule has 0 bridgehead atoms. The summed E-state index contributed by atoms with van der Waals surface area (Å²) in [4.78, 5) is 14.9. The van der Waals surface area contributed by atoms with E-state index >= 15 is 0 Å². The zero-order chi connectivity index (χ0) is 18.6. The van der Waals surface area contributed by atoms with Crippen LogP contribution in [0.25, 0.3) is 10.9 Å². The molecule has 2 aromatic rings. The SMILES string of the molecule is CCCCCCC#CCOC(=O)NCCc1c[nH]c2ccc(OC)cc12. The fourth-order valence-electron chi connectivity index (χ4n) is 2.72. The Morgan fingerprint density at radius 1 is 1.23 bits per heavy atom. The highest BCUT2D eigenvalue weighted by molar-refractivity contribution is 5.84. The topological polar surface area (TPSA) is 63.3 Å². The van der Waals surface area contributed by atoms with Crippen molar-refractivity contribution in [1.82, 2.24) is 10.3 Å². The number of carbonyl (C=O) groups excluding carboxylic acids is 1. The van der Waals surface area contributed by atoms with E-state index in [-0.39, 0.29) is 6.61 Å². The second kappa shape index (κ2) is 11.1. The lowest BCUT2D eigenvalue weighted by atomic mass is 10.1. The molecule has 1 amide bonds. The van der Waals surface area contributed by atoms with Crippen molar-refractivity contribution in [3.8, 4) is 17.6 Å². The first kappa shape index (κ1) is 19.7. The number of unbranched alkanes of at least 4 members (excludes halogenated alkanes) is 4. The van der Waals surface area contributed by atoms with Gasteiger partial charge in [0, 0.05) is 30.1 Å². The van der Waals surface area contributed by atoms with Crippen LogP contribution < -0.4 is 10.1 Å². The molecular formula is C21H28N2O3. The zero-order valence-corrected chi connectivity index (χ0v) is 15.7. The van der Waals surface area contributed by atoms with Gasteiger partial charge in [-0.1, -0.05) is 38.0 Å². The van der Waals surface area contributed by atoms with Crippen LogP contribution in [-0.4, -0.2) is 31.3 Å². The van der Waals surface area contributed by atoms with Crippen molar-refractivity contribution in [1.29, 1.82) is 0 Å². The van der Waals surface area contributed by atoms with Gasteiger partial charge in [0.15, 0.2) is 6.61 Å². The highest BCUT2D eigenvalue weighted by atomic mass is 16.5. The average molecular weight is 356 g/mol. The lowest BCUT2D eigenvalue weighted by Gasteiger charge is -2.05. The number of aromatic nitrogens is 1. The van der Waals surface area contributed by atoms with Gasteiger partial charge in [0.05, 0.1) is 7.11 Å². The number of methoxy groups -OCH3 is 1. The standard InChI is InChI=1S/C21H28N2O3/c1-3-4-5-6-7-8-9-14-26-21(24)22-13-12-17-16-23-20-11-10-18(25-2)15-19(17)20/h10-11,15-16,23H,3-7,12-14H2,1-2H3,(H,22,24). The summed E-state index contributed by atoms with van der Waals surface area (Å²) in [5.74, 6) is 6.74. The number of amides is 1. The first-order chi connectivity index (χ1) is 12.7. The third-order valence-electron chi connectivity index (χ3n) is 4.19. The van der Waals surface area contributed by atoms with Crippen molar-refractivity contribution >= 4 is 17.0 Å². The number of hydrogen-bond donors (Lipinski definition) is 2. The second-order valence-corrected chi connectivity index (χ2v) is 6.14. The Morgan fingerprint density at radius 3 is 2.92 bits per heavy atom. The summed E-state index contributed by atoms with van der Waals surface area (Å²) in [6, 6.07) is 5.90. The smallest absolute Gasteiger partial charge is 0.408 e. The Kier molecular flexibility index (Phi) is 8.41. The van der Waals surface area contributed by atoms with E-state index in [9.17, 15) is 4.79 Å². The molecule has 2 rings (SSSR count). The van der Waals surface area contributed by atoms with Gasteiger partial charge >= 0.3 is 6.09 Å². The molecule has 5 heteroatoms. The predicted octanol–water partition coefficient (Wildman–Crippen LogP) is 4.42. The van der Waals surface area contributed by atoms with Gasteiger partial charge in [0.25, 0.3) is 0 Å². The van der Waals surface area contributed by atoms with Gasteiger partial charge in [-0.25, -0.2) is 4.79 Å². The fourth-order valence-corrected chi connectivity index (χ4v) is 2.72. The van der Waals surface area contributed by atoms with Crippen molar-refractivity contribution in [2.24, 2.45) is 0 Å². The number of hydrogen-bond acceptors (Lipinski definition) is 3. The molecule has 2 N–H and O–H groups in total. The summed E-state index contributed by atoms with van der Waals surface area (Å²) in [5, 5.41) is 3.86. The molecule has 0 aliphatic carbocycles. The quantitative estimate of drug-likeness (QED) is 0.516. The third kappa shape index (κ3) is 6.36. The zero-order valence-electron chi connectivity index (χ0n) is 15.7. The van der Waals surface area contributed by atoms with E-state index in [1.807, 2.05) is 24.4 Å². The van der Waals surface area contributed by atoms with E-state index in [0.717, 1.165) is 35.1 Å². The second-order valence-electron chi connectivity index (χ2n) is 6.14. The van der Waals surface area contributed by atoms with Gasteiger partial charge < -0.3 is 19.8 Å². The predicted molar refractivity (Wildman–Crippen MR) is 104 cm³/mol. The summed E-state index contributed by atoms with van der Waals surface area (Å²) >= 11 is 0. The molecule has 0 atom stereocenters. The highest BCUT2D eigenvalue weighted by Gasteiger charge is 2.06. The molecule has 1 heterocycles. The van der Waals surface area contributed by atoms with E-state index in [1.165, 1.54) is 19.3 Å². The molecule has 26 heavy (non-hydrogen) atoms. The number of carbonyl (C=O) groups is 1. The normalized spacial score (nSPS) is 10.2. The molecule has 5 nitrogen and oxygen atoms in total. The number of H-pyrrole nitrogens is 1. The van der Waals surface area contributed by atoms with Gasteiger partial charge in [0.1, 0.15) is 5.75 Å². The van der Waals surface area contributed by atoms with Crippen molar-refractivity contribution < 1.29 is 14.3 Å². The lowest BCUT2D eigenvalue weighted by Crippen LogP contribution is -2.26. The minimum Gasteiger partial charge on any atom is -0.497 e. The molecule has 0 unspecified atom stereocenters. The minimum atomic E-state index is -0.428.